The maximum Gasteiger partial charge on any atom is 0.303 e. The number of unbranched alkanes of at least 4 members (excludes halogenated alkanes) is 1. The number of methoxy groups -OCH3 is 1. The quantitative estimate of drug-likeness (QED) is 0.490. The van der Waals surface area contributed by atoms with Crippen molar-refractivity contribution in [2.45, 2.75) is 70.8 Å². The van der Waals surface area contributed by atoms with Gasteiger partial charge in [0.15, 0.2) is 0 Å². The molecule has 0 bridgehead atoms. The third kappa shape index (κ3) is 7.25. The second-order valence-electron chi connectivity index (χ2n) is 6.70. The molecule has 1 rings (SSSR count). The van der Waals surface area contributed by atoms with Crippen LogP contribution in [0.25, 0.3) is 0 Å². The van der Waals surface area contributed by atoms with Crippen LogP contribution in [0.15, 0.2) is 0 Å². The summed E-state index contributed by atoms with van der Waals surface area (Å²) in [5.41, 5.74) is -0.114. The molecule has 1 fully saturated rings. The summed E-state index contributed by atoms with van der Waals surface area (Å²) >= 11 is 0. The fourth-order valence-electron chi connectivity index (χ4n) is 3.15. The van der Waals surface area contributed by atoms with Gasteiger partial charge in [-0.05, 0) is 44.9 Å². The SMILES string of the molecule is COCOC(C)(C)CCCC[C@H]1CC[C@@H](CC(=O)O)C1. The molecule has 0 radical (unpaired) electrons. The molecule has 0 aromatic carbocycles. The van der Waals surface area contributed by atoms with Gasteiger partial charge in [-0.15, -0.1) is 0 Å². The number of aliphatic carboxylic acids is 1. The third-order valence-electron chi connectivity index (χ3n) is 4.32. The molecule has 4 heteroatoms. The van der Waals surface area contributed by atoms with E-state index in [9.17, 15) is 4.79 Å². The van der Waals surface area contributed by atoms with E-state index in [2.05, 4.69) is 13.8 Å². The Morgan fingerprint density at radius 1 is 1.25 bits per heavy atom. The monoisotopic (exact) mass is 286 g/mol. The Morgan fingerprint density at radius 3 is 2.60 bits per heavy atom. The summed E-state index contributed by atoms with van der Waals surface area (Å²) in [6, 6.07) is 0. The second kappa shape index (κ2) is 8.63. The number of hydrogen-bond acceptors (Lipinski definition) is 3. The van der Waals surface area contributed by atoms with Crippen LogP contribution in [0.4, 0.5) is 0 Å². The van der Waals surface area contributed by atoms with Crippen molar-refractivity contribution < 1.29 is 19.4 Å². The van der Waals surface area contributed by atoms with Crippen molar-refractivity contribution in [3.05, 3.63) is 0 Å². The predicted octanol–water partition coefficient (Wildman–Crippen LogP) is 3.84. The molecule has 0 aliphatic heterocycles. The highest BCUT2D eigenvalue weighted by molar-refractivity contribution is 5.67. The van der Waals surface area contributed by atoms with Gasteiger partial charge in [0, 0.05) is 13.5 Å². The maximum absolute atomic E-state index is 10.7. The van der Waals surface area contributed by atoms with Crippen LogP contribution in [0.2, 0.25) is 0 Å². The first-order valence-electron chi connectivity index (χ1n) is 7.77. The summed E-state index contributed by atoms with van der Waals surface area (Å²) in [5.74, 6) is 0.508. The molecule has 1 saturated carbocycles. The lowest BCUT2D eigenvalue weighted by atomic mass is 9.94. The van der Waals surface area contributed by atoms with E-state index < -0.39 is 5.97 Å². The Balaban J connectivity index is 2.09. The summed E-state index contributed by atoms with van der Waals surface area (Å²) in [7, 11) is 1.64. The fourth-order valence-corrected chi connectivity index (χ4v) is 3.15. The summed E-state index contributed by atoms with van der Waals surface area (Å²) in [5, 5.41) is 8.81. The number of hydrogen-bond donors (Lipinski definition) is 1. The van der Waals surface area contributed by atoms with Gasteiger partial charge >= 0.3 is 5.97 Å². The molecule has 2 atom stereocenters. The first-order chi connectivity index (χ1) is 9.43. The molecule has 0 aromatic rings. The second-order valence-corrected chi connectivity index (χ2v) is 6.70. The molecule has 0 aromatic heterocycles. The zero-order valence-corrected chi connectivity index (χ0v) is 13.2. The van der Waals surface area contributed by atoms with Crippen LogP contribution in [-0.2, 0) is 14.3 Å². The minimum atomic E-state index is -0.646. The summed E-state index contributed by atoms with van der Waals surface area (Å²) in [6.07, 6.45) is 8.42. The number of ether oxygens (including phenoxy) is 2. The van der Waals surface area contributed by atoms with Crippen LogP contribution < -0.4 is 0 Å². The molecule has 0 amide bonds. The van der Waals surface area contributed by atoms with Gasteiger partial charge in [-0.1, -0.05) is 25.7 Å². The van der Waals surface area contributed by atoms with Crippen LogP contribution in [0.3, 0.4) is 0 Å². The lowest BCUT2D eigenvalue weighted by molar-refractivity contribution is -0.138. The lowest BCUT2D eigenvalue weighted by Crippen LogP contribution is -2.25. The van der Waals surface area contributed by atoms with E-state index in [1.807, 2.05) is 0 Å². The molecule has 118 valence electrons. The van der Waals surface area contributed by atoms with Crippen molar-refractivity contribution in [1.29, 1.82) is 0 Å². The molecule has 0 saturated heterocycles. The van der Waals surface area contributed by atoms with Crippen molar-refractivity contribution >= 4 is 5.97 Å². The van der Waals surface area contributed by atoms with Crippen molar-refractivity contribution in [2.75, 3.05) is 13.9 Å². The van der Waals surface area contributed by atoms with Crippen LogP contribution in [-0.4, -0.2) is 30.6 Å². The Bertz CT molecular complexity index is 288. The number of carboxylic acids is 1. The highest BCUT2D eigenvalue weighted by atomic mass is 16.7. The van der Waals surface area contributed by atoms with Crippen LogP contribution in [0.5, 0.6) is 0 Å². The molecule has 4 nitrogen and oxygen atoms in total. The Morgan fingerprint density at radius 2 is 1.95 bits per heavy atom. The first kappa shape index (κ1) is 17.4. The molecule has 0 unspecified atom stereocenters. The summed E-state index contributed by atoms with van der Waals surface area (Å²) in [4.78, 5) is 10.7. The minimum absolute atomic E-state index is 0.114. The van der Waals surface area contributed by atoms with Crippen molar-refractivity contribution in [2.24, 2.45) is 11.8 Å². The van der Waals surface area contributed by atoms with Gasteiger partial charge in [0.1, 0.15) is 6.79 Å². The summed E-state index contributed by atoms with van der Waals surface area (Å²) in [6.45, 7) is 4.56. The molecule has 0 spiro atoms. The molecule has 20 heavy (non-hydrogen) atoms. The van der Waals surface area contributed by atoms with Gasteiger partial charge in [-0.3, -0.25) is 4.79 Å². The van der Waals surface area contributed by atoms with Gasteiger partial charge in [-0.2, -0.15) is 0 Å². The van der Waals surface area contributed by atoms with Gasteiger partial charge in [-0.25, -0.2) is 0 Å². The largest absolute Gasteiger partial charge is 0.481 e. The van der Waals surface area contributed by atoms with Crippen molar-refractivity contribution in [3.63, 3.8) is 0 Å². The molecule has 1 N–H and O–H groups in total. The minimum Gasteiger partial charge on any atom is -0.481 e. The zero-order valence-electron chi connectivity index (χ0n) is 13.2. The fraction of sp³-hybridized carbons (Fsp3) is 0.938. The molecular weight excluding hydrogens is 256 g/mol. The maximum atomic E-state index is 10.7. The van der Waals surface area contributed by atoms with Crippen molar-refractivity contribution in [1.82, 2.24) is 0 Å². The van der Waals surface area contributed by atoms with Crippen LogP contribution in [0, 0.1) is 11.8 Å². The van der Waals surface area contributed by atoms with Gasteiger partial charge in [0.25, 0.3) is 0 Å². The van der Waals surface area contributed by atoms with E-state index in [0.29, 0.717) is 19.1 Å². The highest BCUT2D eigenvalue weighted by Crippen LogP contribution is 2.36. The first-order valence-corrected chi connectivity index (χ1v) is 7.77. The zero-order chi connectivity index (χ0) is 15.0. The highest BCUT2D eigenvalue weighted by Gasteiger charge is 2.26. The molecule has 1 aliphatic rings. The topological polar surface area (TPSA) is 55.8 Å². The van der Waals surface area contributed by atoms with Gasteiger partial charge in [0.05, 0.1) is 5.60 Å². The lowest BCUT2D eigenvalue weighted by Gasteiger charge is -2.25. The standard InChI is InChI=1S/C16H30O4/c1-16(2,20-12-19-3)9-5-4-6-13-7-8-14(10-13)11-15(17)18/h13-14H,4-12H2,1-3H3,(H,17,18)/t13-,14+/m0/s1. The molecular formula is C16H30O4. The van der Waals surface area contributed by atoms with Gasteiger partial charge in [0.2, 0.25) is 0 Å². The number of carboxylic acid groups (broad SMARTS) is 1. The smallest absolute Gasteiger partial charge is 0.303 e. The predicted molar refractivity (Wildman–Crippen MR) is 78.6 cm³/mol. The summed E-state index contributed by atoms with van der Waals surface area (Å²) < 4.78 is 10.6. The Labute approximate surface area is 122 Å². The Kier molecular flexibility index (Phi) is 7.52. The third-order valence-corrected chi connectivity index (χ3v) is 4.32. The van der Waals surface area contributed by atoms with Crippen LogP contribution in [0.1, 0.15) is 65.2 Å². The molecule has 0 heterocycles. The normalized spacial score (nSPS) is 23.1. The van der Waals surface area contributed by atoms with E-state index >= 15 is 0 Å². The van der Waals surface area contributed by atoms with E-state index in [1.54, 1.807) is 7.11 Å². The van der Waals surface area contributed by atoms with E-state index in [4.69, 9.17) is 14.6 Å². The van der Waals surface area contributed by atoms with Crippen molar-refractivity contribution in [3.8, 4) is 0 Å². The number of carbonyl (C=O) groups is 1. The average molecular weight is 286 g/mol. The van der Waals surface area contributed by atoms with Crippen LogP contribution >= 0.6 is 0 Å². The van der Waals surface area contributed by atoms with E-state index in [0.717, 1.165) is 31.6 Å². The molecule has 1 aliphatic carbocycles. The Hall–Kier alpha value is -0.610. The van der Waals surface area contributed by atoms with Gasteiger partial charge < -0.3 is 14.6 Å². The average Bonchev–Trinajstić information content (AvgIpc) is 2.79. The number of rotatable bonds is 10. The van der Waals surface area contributed by atoms with E-state index in [-0.39, 0.29) is 5.60 Å². The van der Waals surface area contributed by atoms with E-state index in [1.165, 1.54) is 19.3 Å².